The van der Waals surface area contributed by atoms with Crippen molar-refractivity contribution >= 4 is 11.5 Å². The van der Waals surface area contributed by atoms with Gasteiger partial charge < -0.3 is 10.0 Å². The van der Waals surface area contributed by atoms with Gasteiger partial charge in [-0.15, -0.1) is 0 Å². The van der Waals surface area contributed by atoms with E-state index in [1.54, 1.807) is 6.92 Å². The van der Waals surface area contributed by atoms with Gasteiger partial charge in [0.1, 0.15) is 0 Å². The summed E-state index contributed by atoms with van der Waals surface area (Å²) in [7, 11) is 0. The van der Waals surface area contributed by atoms with Gasteiger partial charge in [-0.05, 0) is 25.5 Å². The molecule has 1 aliphatic heterocycles. The fourth-order valence-electron chi connectivity index (χ4n) is 2.18. The Bertz CT molecular complexity index is 387. The number of β-amino-alcohol motifs (C(OH)–C–C–N with tert-alkyl or cyclic N) is 1. The van der Waals surface area contributed by atoms with E-state index < -0.39 is 0 Å². The van der Waals surface area contributed by atoms with Crippen molar-refractivity contribution in [1.82, 2.24) is 0 Å². The topological polar surface area (TPSA) is 40.5 Å². The number of hydrogen-bond donors (Lipinski definition) is 1. The molecule has 0 fully saturated rings. The summed E-state index contributed by atoms with van der Waals surface area (Å²) in [5, 5.41) is 9.46. The van der Waals surface area contributed by atoms with Gasteiger partial charge in [0.05, 0.1) is 6.10 Å². The molecule has 0 radical (unpaired) electrons. The van der Waals surface area contributed by atoms with Crippen molar-refractivity contribution in [3.8, 4) is 0 Å². The van der Waals surface area contributed by atoms with Crippen LogP contribution in [0, 0.1) is 0 Å². The number of benzene rings is 1. The summed E-state index contributed by atoms with van der Waals surface area (Å²) in [6, 6.07) is 7.66. The number of carbonyl (C=O) groups excluding carboxylic acids is 1. The molecule has 0 bridgehead atoms. The standard InChI is InChI=1S/C13H17NO2/c1-10(15)9-14-8-4-7-13(16)11-5-2-3-6-12(11)14/h2-3,5-6,10,15H,4,7-9H2,1H3. The maximum Gasteiger partial charge on any atom is 0.165 e. The van der Waals surface area contributed by atoms with E-state index in [1.165, 1.54) is 0 Å². The molecule has 0 aromatic heterocycles. The number of aliphatic hydroxyl groups excluding tert-OH is 1. The highest BCUT2D eigenvalue weighted by atomic mass is 16.3. The van der Waals surface area contributed by atoms with Crippen LogP contribution in [-0.2, 0) is 0 Å². The van der Waals surface area contributed by atoms with Crippen LogP contribution in [0.5, 0.6) is 0 Å². The van der Waals surface area contributed by atoms with E-state index in [2.05, 4.69) is 4.90 Å². The van der Waals surface area contributed by atoms with E-state index in [-0.39, 0.29) is 11.9 Å². The maximum atomic E-state index is 11.8. The van der Waals surface area contributed by atoms with Gasteiger partial charge in [-0.25, -0.2) is 0 Å². The van der Waals surface area contributed by atoms with Crippen LogP contribution >= 0.6 is 0 Å². The molecule has 2 rings (SSSR count). The van der Waals surface area contributed by atoms with E-state index >= 15 is 0 Å². The predicted octanol–water partition coefficient (Wildman–Crippen LogP) is 1.85. The summed E-state index contributed by atoms with van der Waals surface area (Å²) < 4.78 is 0. The summed E-state index contributed by atoms with van der Waals surface area (Å²) in [6.45, 7) is 3.20. The Morgan fingerprint density at radius 3 is 2.94 bits per heavy atom. The zero-order chi connectivity index (χ0) is 11.5. The van der Waals surface area contributed by atoms with Crippen LogP contribution in [0.15, 0.2) is 24.3 Å². The molecular formula is C13H17NO2. The Morgan fingerprint density at radius 1 is 1.44 bits per heavy atom. The van der Waals surface area contributed by atoms with Gasteiger partial charge in [0, 0.05) is 30.8 Å². The molecule has 86 valence electrons. The molecule has 3 nitrogen and oxygen atoms in total. The Labute approximate surface area is 95.7 Å². The molecular weight excluding hydrogens is 202 g/mol. The van der Waals surface area contributed by atoms with Crippen LogP contribution in [0.3, 0.4) is 0 Å². The fourth-order valence-corrected chi connectivity index (χ4v) is 2.18. The van der Waals surface area contributed by atoms with E-state index in [9.17, 15) is 9.90 Å². The number of aliphatic hydroxyl groups is 1. The summed E-state index contributed by atoms with van der Waals surface area (Å²) in [6.07, 6.45) is 1.09. The molecule has 0 aliphatic carbocycles. The highest BCUT2D eigenvalue weighted by molar-refractivity contribution is 6.01. The Balaban J connectivity index is 2.35. The van der Waals surface area contributed by atoms with Crippen LogP contribution in [0.4, 0.5) is 5.69 Å². The minimum atomic E-state index is -0.374. The first-order chi connectivity index (χ1) is 7.68. The Hall–Kier alpha value is -1.35. The summed E-state index contributed by atoms with van der Waals surface area (Å²) in [5.41, 5.74) is 1.76. The maximum absolute atomic E-state index is 11.8. The number of anilines is 1. The van der Waals surface area contributed by atoms with Crippen molar-refractivity contribution in [2.75, 3.05) is 18.0 Å². The number of Topliss-reactive ketones (excluding diaryl/α,β-unsaturated/α-hetero) is 1. The first-order valence-electron chi connectivity index (χ1n) is 5.73. The van der Waals surface area contributed by atoms with Gasteiger partial charge in [0.15, 0.2) is 5.78 Å². The molecule has 3 heteroatoms. The number of para-hydroxylation sites is 1. The van der Waals surface area contributed by atoms with Crippen molar-refractivity contribution < 1.29 is 9.90 Å². The number of nitrogens with zero attached hydrogens (tertiary/aromatic N) is 1. The van der Waals surface area contributed by atoms with E-state index in [4.69, 9.17) is 0 Å². The molecule has 1 unspecified atom stereocenters. The van der Waals surface area contributed by atoms with Crippen molar-refractivity contribution in [2.24, 2.45) is 0 Å². The van der Waals surface area contributed by atoms with Crippen LogP contribution in [0.2, 0.25) is 0 Å². The number of rotatable bonds is 2. The number of fused-ring (bicyclic) bond motifs is 1. The first kappa shape index (κ1) is 11.1. The molecule has 1 aromatic carbocycles. The summed E-state index contributed by atoms with van der Waals surface area (Å²) in [4.78, 5) is 13.9. The lowest BCUT2D eigenvalue weighted by molar-refractivity contribution is 0.0984. The third-order valence-corrected chi connectivity index (χ3v) is 2.86. The van der Waals surface area contributed by atoms with Crippen LogP contribution < -0.4 is 4.90 Å². The Morgan fingerprint density at radius 2 is 2.19 bits per heavy atom. The number of ketones is 1. The number of carbonyl (C=O) groups is 1. The monoisotopic (exact) mass is 219 g/mol. The highest BCUT2D eigenvalue weighted by Gasteiger charge is 2.20. The molecule has 0 spiro atoms. The van der Waals surface area contributed by atoms with E-state index in [1.807, 2.05) is 24.3 Å². The SMILES string of the molecule is CC(O)CN1CCCC(=O)c2ccccc21. The van der Waals surface area contributed by atoms with Crippen molar-refractivity contribution in [3.63, 3.8) is 0 Å². The van der Waals surface area contributed by atoms with Crippen molar-refractivity contribution in [2.45, 2.75) is 25.9 Å². The Kier molecular flexibility index (Phi) is 3.25. The molecule has 0 amide bonds. The average molecular weight is 219 g/mol. The molecule has 1 aliphatic rings. The third kappa shape index (κ3) is 2.25. The molecule has 1 aromatic rings. The predicted molar refractivity (Wildman–Crippen MR) is 63.9 cm³/mol. The minimum absolute atomic E-state index is 0.212. The normalized spacial score (nSPS) is 17.9. The second kappa shape index (κ2) is 4.66. The van der Waals surface area contributed by atoms with Crippen molar-refractivity contribution in [3.05, 3.63) is 29.8 Å². The van der Waals surface area contributed by atoms with Crippen LogP contribution in [-0.4, -0.2) is 30.1 Å². The van der Waals surface area contributed by atoms with Gasteiger partial charge in [-0.1, -0.05) is 12.1 Å². The number of hydrogen-bond acceptors (Lipinski definition) is 3. The quantitative estimate of drug-likeness (QED) is 0.825. The highest BCUT2D eigenvalue weighted by Crippen LogP contribution is 2.25. The van der Waals surface area contributed by atoms with Gasteiger partial charge in [-0.3, -0.25) is 4.79 Å². The molecule has 0 saturated carbocycles. The second-order valence-corrected chi connectivity index (χ2v) is 4.34. The zero-order valence-electron chi connectivity index (χ0n) is 9.52. The van der Waals surface area contributed by atoms with E-state index in [0.717, 1.165) is 24.2 Å². The first-order valence-corrected chi connectivity index (χ1v) is 5.73. The van der Waals surface area contributed by atoms with Gasteiger partial charge >= 0.3 is 0 Å². The zero-order valence-corrected chi connectivity index (χ0v) is 9.52. The molecule has 1 atom stereocenters. The molecule has 1 heterocycles. The van der Waals surface area contributed by atoms with Gasteiger partial charge in [0.25, 0.3) is 0 Å². The fraction of sp³-hybridized carbons (Fsp3) is 0.462. The lowest BCUT2D eigenvalue weighted by Gasteiger charge is -2.25. The van der Waals surface area contributed by atoms with Gasteiger partial charge in [0.2, 0.25) is 0 Å². The van der Waals surface area contributed by atoms with Crippen LogP contribution in [0.25, 0.3) is 0 Å². The lowest BCUT2D eigenvalue weighted by Crippen LogP contribution is -2.31. The second-order valence-electron chi connectivity index (χ2n) is 4.34. The van der Waals surface area contributed by atoms with Crippen molar-refractivity contribution in [1.29, 1.82) is 0 Å². The van der Waals surface area contributed by atoms with Crippen LogP contribution in [0.1, 0.15) is 30.1 Å². The summed E-state index contributed by atoms with van der Waals surface area (Å²) >= 11 is 0. The molecule has 16 heavy (non-hydrogen) atoms. The lowest BCUT2D eigenvalue weighted by atomic mass is 10.1. The summed E-state index contributed by atoms with van der Waals surface area (Å²) in [5.74, 6) is 0.212. The molecule has 0 saturated heterocycles. The molecule has 1 N–H and O–H groups in total. The smallest absolute Gasteiger partial charge is 0.165 e. The van der Waals surface area contributed by atoms with Gasteiger partial charge in [-0.2, -0.15) is 0 Å². The largest absolute Gasteiger partial charge is 0.392 e. The van der Waals surface area contributed by atoms with E-state index in [0.29, 0.717) is 13.0 Å². The minimum Gasteiger partial charge on any atom is -0.392 e. The average Bonchev–Trinajstić information content (AvgIpc) is 2.40. The third-order valence-electron chi connectivity index (χ3n) is 2.86.